The Morgan fingerprint density at radius 1 is 1.00 bits per heavy atom. The lowest BCUT2D eigenvalue weighted by atomic mass is 10.1. The van der Waals surface area contributed by atoms with Crippen LogP contribution in [-0.4, -0.2) is 69.8 Å². The SMILES string of the molecule is COC(=O)c1ccccc1NC(=O)c1ccc(CS(=O)(=O)N2CCN(C)CC2)cc1. The second kappa shape index (κ2) is 9.38. The first-order chi connectivity index (χ1) is 14.3. The van der Waals surface area contributed by atoms with Gasteiger partial charge in [-0.25, -0.2) is 13.2 Å². The Hall–Kier alpha value is -2.75. The molecule has 1 aliphatic rings. The standard InChI is InChI=1S/C21H25N3O5S/c1-23-11-13-24(14-12-23)30(27,28)15-16-7-9-17(10-8-16)20(25)22-19-6-4-3-5-18(19)21(26)29-2/h3-10H,11-15H2,1-2H3,(H,22,25). The minimum atomic E-state index is -3.40. The first kappa shape index (κ1) is 21.9. The number of amides is 1. The number of ether oxygens (including phenoxy) is 1. The number of sulfonamides is 1. The summed E-state index contributed by atoms with van der Waals surface area (Å²) in [6, 6.07) is 13.0. The van der Waals surface area contributed by atoms with Crippen LogP contribution in [0, 0.1) is 0 Å². The first-order valence-electron chi connectivity index (χ1n) is 9.54. The second-order valence-corrected chi connectivity index (χ2v) is 9.12. The van der Waals surface area contributed by atoms with Crippen LogP contribution in [0.1, 0.15) is 26.3 Å². The van der Waals surface area contributed by atoms with E-state index in [0.29, 0.717) is 43.0 Å². The topological polar surface area (TPSA) is 96.0 Å². The highest BCUT2D eigenvalue weighted by atomic mass is 32.2. The number of para-hydroxylation sites is 1. The number of anilines is 1. The number of rotatable bonds is 6. The van der Waals surface area contributed by atoms with E-state index < -0.39 is 21.9 Å². The van der Waals surface area contributed by atoms with Crippen molar-refractivity contribution < 1.29 is 22.7 Å². The molecule has 0 atom stereocenters. The van der Waals surface area contributed by atoms with E-state index in [-0.39, 0.29) is 11.3 Å². The van der Waals surface area contributed by atoms with Gasteiger partial charge >= 0.3 is 5.97 Å². The number of nitrogens with one attached hydrogen (secondary N) is 1. The summed E-state index contributed by atoms with van der Waals surface area (Å²) < 4.78 is 31.5. The molecule has 0 spiro atoms. The number of hydrogen-bond acceptors (Lipinski definition) is 6. The van der Waals surface area contributed by atoms with Crippen molar-refractivity contribution in [1.29, 1.82) is 0 Å². The molecule has 1 saturated heterocycles. The molecule has 2 aromatic carbocycles. The molecular weight excluding hydrogens is 406 g/mol. The van der Waals surface area contributed by atoms with E-state index in [1.54, 1.807) is 48.5 Å². The Bertz CT molecular complexity index is 1010. The van der Waals surface area contributed by atoms with Gasteiger partial charge in [-0.05, 0) is 36.9 Å². The van der Waals surface area contributed by atoms with Gasteiger partial charge in [-0.2, -0.15) is 4.31 Å². The third-order valence-electron chi connectivity index (χ3n) is 5.00. The summed E-state index contributed by atoms with van der Waals surface area (Å²) in [5.74, 6) is -1.06. The van der Waals surface area contributed by atoms with Crippen molar-refractivity contribution in [2.24, 2.45) is 0 Å². The van der Waals surface area contributed by atoms with Crippen LogP contribution < -0.4 is 5.32 Å². The zero-order chi connectivity index (χ0) is 21.7. The Balaban J connectivity index is 1.67. The summed E-state index contributed by atoms with van der Waals surface area (Å²) >= 11 is 0. The van der Waals surface area contributed by atoms with E-state index in [1.165, 1.54) is 11.4 Å². The van der Waals surface area contributed by atoms with Crippen LogP contribution >= 0.6 is 0 Å². The number of carbonyl (C=O) groups excluding carboxylic acids is 2. The molecule has 2 aromatic rings. The number of carbonyl (C=O) groups is 2. The summed E-state index contributed by atoms with van der Waals surface area (Å²) in [7, 11) is -0.162. The number of hydrogen-bond donors (Lipinski definition) is 1. The van der Waals surface area contributed by atoms with Crippen molar-refractivity contribution in [3.8, 4) is 0 Å². The minimum absolute atomic E-state index is 0.107. The maximum Gasteiger partial charge on any atom is 0.339 e. The molecule has 0 radical (unpaired) electrons. The number of benzene rings is 2. The summed E-state index contributed by atoms with van der Waals surface area (Å²) in [6.07, 6.45) is 0. The van der Waals surface area contributed by atoms with Gasteiger partial charge in [0.05, 0.1) is 24.1 Å². The predicted octanol–water partition coefficient (Wildman–Crippen LogP) is 1.80. The number of methoxy groups -OCH3 is 1. The second-order valence-electron chi connectivity index (χ2n) is 7.15. The number of likely N-dealkylation sites (N-methyl/N-ethyl adjacent to an activating group) is 1. The van der Waals surface area contributed by atoms with Crippen LogP contribution in [-0.2, 0) is 20.5 Å². The van der Waals surface area contributed by atoms with E-state index in [2.05, 4.69) is 10.2 Å². The molecule has 1 fully saturated rings. The Kier molecular flexibility index (Phi) is 6.86. The van der Waals surface area contributed by atoms with E-state index >= 15 is 0 Å². The van der Waals surface area contributed by atoms with Crippen LogP contribution in [0.5, 0.6) is 0 Å². The van der Waals surface area contributed by atoms with E-state index in [4.69, 9.17) is 4.74 Å². The summed E-state index contributed by atoms with van der Waals surface area (Å²) in [5, 5.41) is 2.69. The molecule has 1 aliphatic heterocycles. The van der Waals surface area contributed by atoms with Crippen molar-refractivity contribution in [3.05, 3.63) is 65.2 Å². The fourth-order valence-corrected chi connectivity index (χ4v) is 4.71. The zero-order valence-electron chi connectivity index (χ0n) is 17.0. The van der Waals surface area contributed by atoms with Crippen molar-refractivity contribution in [3.63, 3.8) is 0 Å². The molecule has 0 unspecified atom stereocenters. The fourth-order valence-electron chi connectivity index (χ4n) is 3.20. The molecule has 1 heterocycles. The fraction of sp³-hybridized carbons (Fsp3) is 0.333. The van der Waals surface area contributed by atoms with Gasteiger partial charge in [0.2, 0.25) is 10.0 Å². The zero-order valence-corrected chi connectivity index (χ0v) is 17.8. The van der Waals surface area contributed by atoms with E-state index in [0.717, 1.165) is 0 Å². The van der Waals surface area contributed by atoms with Gasteiger partial charge in [-0.15, -0.1) is 0 Å². The molecule has 160 valence electrons. The molecule has 0 saturated carbocycles. The lowest BCUT2D eigenvalue weighted by Gasteiger charge is -2.31. The Labute approximate surface area is 176 Å². The maximum absolute atomic E-state index is 12.6. The van der Waals surface area contributed by atoms with Crippen molar-refractivity contribution in [2.75, 3.05) is 45.7 Å². The third-order valence-corrected chi connectivity index (χ3v) is 6.85. The summed E-state index contributed by atoms with van der Waals surface area (Å²) in [6.45, 7) is 2.40. The molecule has 1 N–H and O–H groups in total. The lowest BCUT2D eigenvalue weighted by Crippen LogP contribution is -2.47. The minimum Gasteiger partial charge on any atom is -0.465 e. The molecule has 9 heteroatoms. The Morgan fingerprint density at radius 2 is 1.63 bits per heavy atom. The molecule has 0 bridgehead atoms. The highest BCUT2D eigenvalue weighted by Crippen LogP contribution is 2.18. The first-order valence-corrected chi connectivity index (χ1v) is 11.1. The molecule has 1 amide bonds. The van der Waals surface area contributed by atoms with Gasteiger partial charge < -0.3 is 15.0 Å². The third kappa shape index (κ3) is 5.24. The lowest BCUT2D eigenvalue weighted by molar-refractivity contribution is 0.0602. The van der Waals surface area contributed by atoms with E-state index in [1.807, 2.05) is 7.05 Å². The van der Waals surface area contributed by atoms with Gasteiger partial charge in [-0.1, -0.05) is 24.3 Å². The van der Waals surface area contributed by atoms with Crippen LogP contribution in [0.15, 0.2) is 48.5 Å². The van der Waals surface area contributed by atoms with Crippen molar-refractivity contribution in [2.45, 2.75) is 5.75 Å². The van der Waals surface area contributed by atoms with Crippen LogP contribution in [0.25, 0.3) is 0 Å². The summed E-state index contributed by atoms with van der Waals surface area (Å²) in [4.78, 5) is 26.5. The number of esters is 1. The van der Waals surface area contributed by atoms with Crippen LogP contribution in [0.3, 0.4) is 0 Å². The molecule has 3 rings (SSSR count). The normalized spacial score (nSPS) is 15.5. The van der Waals surface area contributed by atoms with Gasteiger partial charge in [-0.3, -0.25) is 4.79 Å². The smallest absolute Gasteiger partial charge is 0.339 e. The monoisotopic (exact) mass is 431 g/mol. The molecule has 8 nitrogen and oxygen atoms in total. The number of piperazine rings is 1. The van der Waals surface area contributed by atoms with Gasteiger partial charge in [0.25, 0.3) is 5.91 Å². The van der Waals surface area contributed by atoms with Crippen molar-refractivity contribution in [1.82, 2.24) is 9.21 Å². The van der Waals surface area contributed by atoms with Gasteiger partial charge in [0.1, 0.15) is 0 Å². The van der Waals surface area contributed by atoms with Crippen molar-refractivity contribution >= 4 is 27.6 Å². The Morgan fingerprint density at radius 3 is 2.27 bits per heavy atom. The highest BCUT2D eigenvalue weighted by Gasteiger charge is 2.26. The summed E-state index contributed by atoms with van der Waals surface area (Å²) in [5.41, 5.74) is 1.56. The average molecular weight is 432 g/mol. The molecular formula is C21H25N3O5S. The molecule has 0 aliphatic carbocycles. The molecule has 30 heavy (non-hydrogen) atoms. The van der Waals surface area contributed by atoms with Gasteiger partial charge in [0.15, 0.2) is 0 Å². The largest absolute Gasteiger partial charge is 0.465 e. The number of nitrogens with zero attached hydrogens (tertiary/aromatic N) is 2. The quantitative estimate of drug-likeness (QED) is 0.701. The maximum atomic E-state index is 12.6. The van der Waals surface area contributed by atoms with Crippen LogP contribution in [0.4, 0.5) is 5.69 Å². The average Bonchev–Trinajstić information content (AvgIpc) is 2.74. The predicted molar refractivity (Wildman–Crippen MR) is 114 cm³/mol. The van der Waals surface area contributed by atoms with Gasteiger partial charge in [0, 0.05) is 31.7 Å². The highest BCUT2D eigenvalue weighted by molar-refractivity contribution is 7.88. The van der Waals surface area contributed by atoms with Crippen LogP contribution in [0.2, 0.25) is 0 Å². The molecule has 0 aromatic heterocycles. The van der Waals surface area contributed by atoms with E-state index in [9.17, 15) is 18.0 Å².